The lowest BCUT2D eigenvalue weighted by Crippen LogP contribution is -2.48. The molecule has 0 unspecified atom stereocenters. The van der Waals surface area contributed by atoms with Crippen molar-refractivity contribution in [2.24, 2.45) is 0 Å². The number of rotatable bonds is 8. The van der Waals surface area contributed by atoms with Gasteiger partial charge < -0.3 is 9.47 Å². The predicted molar refractivity (Wildman–Crippen MR) is 124 cm³/mol. The summed E-state index contributed by atoms with van der Waals surface area (Å²) in [5.41, 5.74) is 2.07. The Morgan fingerprint density at radius 2 is 1.58 bits per heavy atom. The van der Waals surface area contributed by atoms with E-state index in [9.17, 15) is 4.79 Å². The molecule has 31 heavy (non-hydrogen) atoms. The molecule has 1 aliphatic heterocycles. The van der Waals surface area contributed by atoms with E-state index in [-0.39, 0.29) is 18.6 Å². The summed E-state index contributed by atoms with van der Waals surface area (Å²) in [6.07, 6.45) is 0. The minimum absolute atomic E-state index is 0.00385. The van der Waals surface area contributed by atoms with E-state index in [1.54, 1.807) is 0 Å². The molecule has 168 valence electrons. The Labute approximate surface area is 190 Å². The largest absolute Gasteiger partial charge is 0.458 e. The van der Waals surface area contributed by atoms with Gasteiger partial charge in [-0.05, 0) is 44.0 Å². The molecule has 0 radical (unpaired) electrons. The van der Waals surface area contributed by atoms with E-state index in [1.807, 2.05) is 32.9 Å². The second-order valence-electron chi connectivity index (χ2n) is 8.88. The van der Waals surface area contributed by atoms with Gasteiger partial charge in [-0.2, -0.15) is 0 Å². The summed E-state index contributed by atoms with van der Waals surface area (Å²) in [4.78, 5) is 16.7. The van der Waals surface area contributed by atoms with Crippen molar-refractivity contribution in [3.05, 3.63) is 70.7 Å². The number of hydrogen-bond acceptors (Lipinski definition) is 5. The maximum Gasteiger partial charge on any atom is 0.332 e. The fourth-order valence-corrected chi connectivity index (χ4v) is 3.99. The van der Waals surface area contributed by atoms with Gasteiger partial charge in [-0.15, -0.1) is 0 Å². The molecule has 0 aromatic heterocycles. The van der Waals surface area contributed by atoms with Crippen LogP contribution in [0.4, 0.5) is 0 Å². The lowest BCUT2D eigenvalue weighted by molar-refractivity contribution is -0.160. The molecule has 1 heterocycles. The van der Waals surface area contributed by atoms with Crippen molar-refractivity contribution < 1.29 is 14.3 Å². The smallest absolute Gasteiger partial charge is 0.332 e. The summed E-state index contributed by atoms with van der Waals surface area (Å²) in [7, 11) is 0. The van der Waals surface area contributed by atoms with Crippen LogP contribution in [0.25, 0.3) is 0 Å². The van der Waals surface area contributed by atoms with Crippen molar-refractivity contribution in [2.75, 3.05) is 45.9 Å². The van der Waals surface area contributed by atoms with Crippen LogP contribution in [0.15, 0.2) is 54.6 Å². The molecule has 0 bridgehead atoms. The molecule has 1 fully saturated rings. The Kier molecular flexibility index (Phi) is 8.50. The van der Waals surface area contributed by atoms with Crippen LogP contribution in [0, 0.1) is 0 Å². The van der Waals surface area contributed by atoms with Crippen molar-refractivity contribution >= 4 is 17.6 Å². The molecule has 0 aliphatic carbocycles. The maximum atomic E-state index is 11.7. The molecular weight excluding hydrogens is 412 g/mol. The van der Waals surface area contributed by atoms with Crippen molar-refractivity contribution in [1.29, 1.82) is 0 Å². The van der Waals surface area contributed by atoms with Gasteiger partial charge in [0.05, 0.1) is 12.6 Å². The van der Waals surface area contributed by atoms with Gasteiger partial charge in [-0.3, -0.25) is 9.80 Å². The molecule has 0 saturated carbocycles. The number of carbonyl (C=O) groups excluding carboxylic acids is 1. The zero-order chi connectivity index (χ0) is 22.3. The summed E-state index contributed by atoms with van der Waals surface area (Å²) < 4.78 is 10.8. The first kappa shape index (κ1) is 23.7. The zero-order valence-electron chi connectivity index (χ0n) is 18.7. The third kappa shape index (κ3) is 7.62. The van der Waals surface area contributed by atoms with Gasteiger partial charge in [0.25, 0.3) is 0 Å². The molecule has 1 aliphatic rings. The first-order valence-electron chi connectivity index (χ1n) is 10.9. The molecule has 3 rings (SSSR count). The average molecular weight is 445 g/mol. The van der Waals surface area contributed by atoms with Crippen molar-refractivity contribution in [1.82, 2.24) is 9.80 Å². The van der Waals surface area contributed by atoms with Gasteiger partial charge in [0.1, 0.15) is 12.2 Å². The standard InChI is InChI=1S/C25H33ClN2O3/c1-25(2,3)31-23(29)19-30-18-17-27-13-15-28(16-14-27)24(20-7-5-4-6-8-20)21-9-11-22(26)12-10-21/h4-12,24H,13-19H2,1-3H3/t24-/m1/s1. The number of halogens is 1. The lowest BCUT2D eigenvalue weighted by Gasteiger charge is -2.39. The molecule has 5 nitrogen and oxygen atoms in total. The average Bonchev–Trinajstić information content (AvgIpc) is 2.73. The topological polar surface area (TPSA) is 42.0 Å². The lowest BCUT2D eigenvalue weighted by atomic mass is 9.96. The Morgan fingerprint density at radius 1 is 0.968 bits per heavy atom. The van der Waals surface area contributed by atoms with Crippen molar-refractivity contribution in [2.45, 2.75) is 32.4 Å². The number of hydrogen-bond donors (Lipinski definition) is 0. The summed E-state index contributed by atoms with van der Waals surface area (Å²) in [6.45, 7) is 10.8. The number of ether oxygens (including phenoxy) is 2. The van der Waals surface area contributed by atoms with Crippen LogP contribution in [0.2, 0.25) is 5.02 Å². The molecule has 0 spiro atoms. The highest BCUT2D eigenvalue weighted by Gasteiger charge is 2.26. The Hall–Kier alpha value is -1.92. The summed E-state index contributed by atoms with van der Waals surface area (Å²) in [5.74, 6) is -0.314. The SMILES string of the molecule is CC(C)(C)OC(=O)COCCN1CCN([C@H](c2ccccc2)c2ccc(Cl)cc2)CC1. The van der Waals surface area contributed by atoms with Gasteiger partial charge in [-0.1, -0.05) is 54.1 Å². The van der Waals surface area contributed by atoms with Crippen LogP contribution >= 0.6 is 11.6 Å². The van der Waals surface area contributed by atoms with Crippen LogP contribution in [0.3, 0.4) is 0 Å². The normalized spacial score (nSPS) is 16.8. The highest BCUT2D eigenvalue weighted by molar-refractivity contribution is 6.30. The second kappa shape index (κ2) is 11.1. The van der Waals surface area contributed by atoms with Crippen LogP contribution in [0.5, 0.6) is 0 Å². The quantitative estimate of drug-likeness (QED) is 0.445. The highest BCUT2D eigenvalue weighted by Crippen LogP contribution is 2.30. The van der Waals surface area contributed by atoms with Crippen LogP contribution in [0.1, 0.15) is 37.9 Å². The monoisotopic (exact) mass is 444 g/mol. The fourth-order valence-electron chi connectivity index (χ4n) is 3.86. The van der Waals surface area contributed by atoms with E-state index in [0.29, 0.717) is 6.61 Å². The molecule has 1 atom stereocenters. The van der Waals surface area contributed by atoms with E-state index >= 15 is 0 Å². The van der Waals surface area contributed by atoms with Gasteiger partial charge in [-0.25, -0.2) is 4.79 Å². The number of benzene rings is 2. The van der Waals surface area contributed by atoms with Gasteiger partial charge >= 0.3 is 5.97 Å². The Balaban J connectivity index is 1.51. The molecule has 2 aromatic rings. The fraction of sp³-hybridized carbons (Fsp3) is 0.480. The van der Waals surface area contributed by atoms with E-state index < -0.39 is 5.60 Å². The zero-order valence-corrected chi connectivity index (χ0v) is 19.5. The van der Waals surface area contributed by atoms with Crippen LogP contribution < -0.4 is 0 Å². The minimum Gasteiger partial charge on any atom is -0.458 e. The van der Waals surface area contributed by atoms with Crippen LogP contribution in [-0.2, 0) is 14.3 Å². The first-order chi connectivity index (χ1) is 14.8. The minimum atomic E-state index is -0.476. The Morgan fingerprint density at radius 3 is 2.19 bits per heavy atom. The van der Waals surface area contributed by atoms with Crippen LogP contribution in [-0.4, -0.2) is 67.3 Å². The third-order valence-corrected chi connectivity index (χ3v) is 5.52. The maximum absolute atomic E-state index is 11.7. The summed E-state index contributed by atoms with van der Waals surface area (Å²) in [6, 6.07) is 19.0. The summed E-state index contributed by atoms with van der Waals surface area (Å²) >= 11 is 6.12. The molecule has 2 aromatic carbocycles. The molecule has 6 heteroatoms. The number of carbonyl (C=O) groups is 1. The highest BCUT2D eigenvalue weighted by atomic mass is 35.5. The predicted octanol–water partition coefficient (Wildman–Crippen LogP) is 4.41. The number of esters is 1. The molecule has 0 N–H and O–H groups in total. The van der Waals surface area contributed by atoms with E-state index in [1.165, 1.54) is 11.1 Å². The van der Waals surface area contributed by atoms with Gasteiger partial charge in [0, 0.05) is 37.7 Å². The first-order valence-corrected chi connectivity index (χ1v) is 11.3. The number of nitrogens with zero attached hydrogens (tertiary/aromatic N) is 2. The van der Waals surface area contributed by atoms with Gasteiger partial charge in [0.15, 0.2) is 0 Å². The van der Waals surface area contributed by atoms with Gasteiger partial charge in [0.2, 0.25) is 0 Å². The molecule has 1 saturated heterocycles. The van der Waals surface area contributed by atoms with Crippen molar-refractivity contribution in [3.63, 3.8) is 0 Å². The Bertz CT molecular complexity index is 813. The molecule has 0 amide bonds. The summed E-state index contributed by atoms with van der Waals surface area (Å²) in [5, 5.41) is 0.756. The van der Waals surface area contributed by atoms with E-state index in [2.05, 4.69) is 52.3 Å². The third-order valence-electron chi connectivity index (χ3n) is 5.26. The van der Waals surface area contributed by atoms with E-state index in [0.717, 1.165) is 37.7 Å². The van der Waals surface area contributed by atoms with E-state index in [4.69, 9.17) is 21.1 Å². The second-order valence-corrected chi connectivity index (χ2v) is 9.32. The number of piperazine rings is 1. The van der Waals surface area contributed by atoms with Crippen molar-refractivity contribution in [3.8, 4) is 0 Å². The molecular formula is C25H33ClN2O3.